The Hall–Kier alpha value is -4.54. The fourth-order valence-electron chi connectivity index (χ4n) is 5.22. The zero-order chi connectivity index (χ0) is 31.0. The van der Waals surface area contributed by atoms with Gasteiger partial charge in [-0.25, -0.2) is 0 Å². The minimum absolute atomic E-state index is 0.237. The van der Waals surface area contributed by atoms with Crippen molar-refractivity contribution in [2.75, 3.05) is 6.61 Å². The normalized spacial score (nSPS) is 21.7. The van der Waals surface area contributed by atoms with Gasteiger partial charge in [0.05, 0.1) is 6.61 Å². The summed E-state index contributed by atoms with van der Waals surface area (Å²) < 4.78 is 34.9. The van der Waals surface area contributed by atoms with Crippen molar-refractivity contribution < 1.29 is 47.6 Å². The minimum atomic E-state index is -1.49. The summed E-state index contributed by atoms with van der Waals surface area (Å²) in [6, 6.07) is 28.7. The number of hydrogen-bond donors (Lipinski definition) is 0. The van der Waals surface area contributed by atoms with Gasteiger partial charge in [0.1, 0.15) is 11.7 Å². The van der Waals surface area contributed by atoms with Gasteiger partial charge in [0.25, 0.3) is 0 Å². The Labute approximate surface area is 249 Å². The van der Waals surface area contributed by atoms with Crippen molar-refractivity contribution in [2.45, 2.75) is 64.0 Å². The van der Waals surface area contributed by atoms with E-state index >= 15 is 0 Å². The topological polar surface area (TPSA) is 124 Å². The monoisotopic (exact) mass is 590 g/mol. The van der Waals surface area contributed by atoms with E-state index in [4.69, 9.17) is 28.4 Å². The van der Waals surface area contributed by atoms with Crippen molar-refractivity contribution in [3.05, 3.63) is 108 Å². The van der Waals surface area contributed by atoms with Gasteiger partial charge in [0, 0.05) is 27.7 Å². The molecule has 4 rings (SSSR count). The summed E-state index contributed by atoms with van der Waals surface area (Å²) in [5, 5.41) is 0. The molecule has 226 valence electrons. The third-order valence-corrected chi connectivity index (χ3v) is 6.78. The molecular formula is C33H34O10. The van der Waals surface area contributed by atoms with Gasteiger partial charge in [-0.15, -0.1) is 0 Å². The molecule has 1 aliphatic heterocycles. The molecule has 0 amide bonds. The van der Waals surface area contributed by atoms with Gasteiger partial charge >= 0.3 is 23.9 Å². The molecule has 1 aliphatic rings. The number of ether oxygens (including phenoxy) is 6. The Kier molecular flexibility index (Phi) is 10.3. The highest BCUT2D eigenvalue weighted by Crippen LogP contribution is 2.41. The summed E-state index contributed by atoms with van der Waals surface area (Å²) >= 11 is 0. The van der Waals surface area contributed by atoms with Gasteiger partial charge in [-0.3, -0.25) is 19.2 Å². The molecular weight excluding hydrogens is 556 g/mol. The molecule has 0 aliphatic carbocycles. The second kappa shape index (κ2) is 14.1. The highest BCUT2D eigenvalue weighted by Gasteiger charge is 2.54. The maximum absolute atomic E-state index is 12.3. The molecule has 0 saturated carbocycles. The van der Waals surface area contributed by atoms with Gasteiger partial charge < -0.3 is 28.4 Å². The maximum Gasteiger partial charge on any atom is 0.305 e. The van der Waals surface area contributed by atoms with Crippen LogP contribution in [0.5, 0.6) is 0 Å². The van der Waals surface area contributed by atoms with Crippen LogP contribution >= 0.6 is 0 Å². The van der Waals surface area contributed by atoms with Crippen LogP contribution in [0.15, 0.2) is 91.0 Å². The van der Waals surface area contributed by atoms with Crippen LogP contribution in [0.3, 0.4) is 0 Å². The molecule has 1 heterocycles. The summed E-state index contributed by atoms with van der Waals surface area (Å²) in [6.07, 6.45) is -6.73. The Morgan fingerprint density at radius 3 is 1.33 bits per heavy atom. The lowest BCUT2D eigenvalue weighted by Gasteiger charge is -2.45. The zero-order valence-corrected chi connectivity index (χ0v) is 24.3. The van der Waals surface area contributed by atoms with Crippen molar-refractivity contribution in [1.82, 2.24) is 0 Å². The molecule has 0 bridgehead atoms. The van der Waals surface area contributed by atoms with Crippen LogP contribution in [-0.2, 0) is 53.2 Å². The quantitative estimate of drug-likeness (QED) is 0.194. The molecule has 10 heteroatoms. The largest absolute Gasteiger partial charge is 0.456 e. The predicted molar refractivity (Wildman–Crippen MR) is 152 cm³/mol. The minimum Gasteiger partial charge on any atom is -0.456 e. The Bertz CT molecular complexity index is 1300. The standard InChI is InChI=1S/C33H34O10/c1-21(34)39-29-28(43-32(42-24(4)37)31(41-23(3)36)30(29)40-22(2)35)20-38-33(25-14-8-5-9-15-25,26-16-10-6-11-17-26)27-18-12-7-13-19-27/h5-19,28-32H,20H2,1-4H3. The predicted octanol–water partition coefficient (Wildman–Crippen LogP) is 4.08. The fourth-order valence-corrected chi connectivity index (χ4v) is 5.22. The van der Waals surface area contributed by atoms with Crippen LogP contribution < -0.4 is 0 Å². The first kappa shape index (κ1) is 31.4. The highest BCUT2D eigenvalue weighted by molar-refractivity contribution is 5.69. The number of benzene rings is 3. The van der Waals surface area contributed by atoms with E-state index in [1.54, 1.807) is 0 Å². The molecule has 3 aromatic carbocycles. The van der Waals surface area contributed by atoms with Crippen LogP contribution in [0, 0.1) is 0 Å². The summed E-state index contributed by atoms with van der Waals surface area (Å²) in [6.45, 7) is 4.40. The molecule has 0 spiro atoms. The summed E-state index contributed by atoms with van der Waals surface area (Å²) in [5.74, 6) is -2.93. The van der Waals surface area contributed by atoms with E-state index in [2.05, 4.69) is 0 Å². The molecule has 3 aromatic rings. The molecule has 10 nitrogen and oxygen atoms in total. The van der Waals surface area contributed by atoms with Gasteiger partial charge in [-0.1, -0.05) is 91.0 Å². The molecule has 0 radical (unpaired) electrons. The second-order valence-electron chi connectivity index (χ2n) is 9.96. The molecule has 0 aromatic heterocycles. The first-order chi connectivity index (χ1) is 20.6. The third-order valence-electron chi connectivity index (χ3n) is 6.78. The highest BCUT2D eigenvalue weighted by atomic mass is 16.7. The molecule has 43 heavy (non-hydrogen) atoms. The summed E-state index contributed by atoms with van der Waals surface area (Å²) in [7, 11) is 0. The smallest absolute Gasteiger partial charge is 0.305 e. The van der Waals surface area contributed by atoms with Crippen LogP contribution in [0.1, 0.15) is 44.4 Å². The van der Waals surface area contributed by atoms with Gasteiger partial charge in [-0.2, -0.15) is 0 Å². The summed E-state index contributed by atoms with van der Waals surface area (Å²) in [5.41, 5.74) is 1.24. The van der Waals surface area contributed by atoms with E-state index in [0.717, 1.165) is 37.5 Å². The zero-order valence-electron chi connectivity index (χ0n) is 24.3. The Morgan fingerprint density at radius 1 is 0.558 bits per heavy atom. The molecule has 0 N–H and O–H groups in total. The lowest BCUT2D eigenvalue weighted by molar-refractivity contribution is -0.303. The van der Waals surface area contributed by atoms with Crippen LogP contribution in [0.2, 0.25) is 0 Å². The van der Waals surface area contributed by atoms with Crippen molar-refractivity contribution in [1.29, 1.82) is 0 Å². The number of carbonyl (C=O) groups excluding carboxylic acids is 4. The molecule has 5 unspecified atom stereocenters. The van der Waals surface area contributed by atoms with Gasteiger partial charge in [-0.05, 0) is 16.7 Å². The fraction of sp³-hybridized carbons (Fsp3) is 0.333. The number of hydrogen-bond acceptors (Lipinski definition) is 10. The lowest BCUT2D eigenvalue weighted by Crippen LogP contribution is -2.63. The Morgan fingerprint density at radius 2 is 0.930 bits per heavy atom. The van der Waals surface area contributed by atoms with Crippen molar-refractivity contribution in [3.8, 4) is 0 Å². The van der Waals surface area contributed by atoms with E-state index in [-0.39, 0.29) is 6.61 Å². The van der Waals surface area contributed by atoms with Gasteiger partial charge in [0.2, 0.25) is 12.4 Å². The third kappa shape index (κ3) is 7.46. The number of carbonyl (C=O) groups is 4. The SMILES string of the molecule is CC(=O)OC1OC(COC(c2ccccc2)(c2ccccc2)c2ccccc2)C(OC(C)=O)C(OC(C)=O)C1OC(C)=O. The molecule has 5 atom stereocenters. The Balaban J connectivity index is 1.83. The van der Waals surface area contributed by atoms with Crippen molar-refractivity contribution in [2.24, 2.45) is 0 Å². The van der Waals surface area contributed by atoms with Crippen LogP contribution in [0.4, 0.5) is 0 Å². The first-order valence-electron chi connectivity index (χ1n) is 13.8. The van der Waals surface area contributed by atoms with Crippen LogP contribution in [0.25, 0.3) is 0 Å². The van der Waals surface area contributed by atoms with Crippen LogP contribution in [-0.4, -0.2) is 61.2 Å². The van der Waals surface area contributed by atoms with Crippen molar-refractivity contribution >= 4 is 23.9 Å². The number of esters is 4. The van der Waals surface area contributed by atoms with E-state index < -0.39 is 60.2 Å². The second-order valence-corrected chi connectivity index (χ2v) is 9.96. The average Bonchev–Trinajstić information content (AvgIpc) is 2.97. The molecule has 1 saturated heterocycles. The van der Waals surface area contributed by atoms with E-state index in [1.165, 1.54) is 6.92 Å². The van der Waals surface area contributed by atoms with E-state index in [0.29, 0.717) is 0 Å². The average molecular weight is 591 g/mol. The van der Waals surface area contributed by atoms with E-state index in [1.807, 2.05) is 91.0 Å². The van der Waals surface area contributed by atoms with E-state index in [9.17, 15) is 19.2 Å². The van der Waals surface area contributed by atoms with Gasteiger partial charge in [0.15, 0.2) is 12.2 Å². The lowest BCUT2D eigenvalue weighted by atomic mass is 9.80. The maximum atomic E-state index is 12.3. The number of rotatable bonds is 10. The van der Waals surface area contributed by atoms with Crippen molar-refractivity contribution in [3.63, 3.8) is 0 Å². The first-order valence-corrected chi connectivity index (χ1v) is 13.8. The summed E-state index contributed by atoms with van der Waals surface area (Å²) in [4.78, 5) is 48.6. The molecule has 1 fully saturated rings.